The smallest absolute Gasteiger partial charge is 0.338 e. The summed E-state index contributed by atoms with van der Waals surface area (Å²) < 4.78 is 29.6. The van der Waals surface area contributed by atoms with Crippen LogP contribution < -0.4 is 0 Å². The molecule has 6 nitrogen and oxygen atoms in total. The van der Waals surface area contributed by atoms with E-state index >= 15 is 0 Å². The van der Waals surface area contributed by atoms with Gasteiger partial charge in [0.05, 0.1) is 19.8 Å². The van der Waals surface area contributed by atoms with Crippen LogP contribution in [0.2, 0.25) is 0 Å². The molecule has 23 heavy (non-hydrogen) atoms. The first-order valence-electron chi connectivity index (χ1n) is 8.94. The van der Waals surface area contributed by atoms with Crippen molar-refractivity contribution in [1.29, 1.82) is 0 Å². The van der Waals surface area contributed by atoms with Crippen molar-refractivity contribution < 1.29 is 22.8 Å². The van der Waals surface area contributed by atoms with Gasteiger partial charge in [-0.3, -0.25) is 4.18 Å². The molecule has 0 saturated heterocycles. The highest BCUT2D eigenvalue weighted by Crippen LogP contribution is 2.11. The number of aliphatic hydroxyl groups is 2. The zero-order valence-electron chi connectivity index (χ0n) is 14.6. The van der Waals surface area contributed by atoms with E-state index < -0.39 is 10.3 Å². The summed E-state index contributed by atoms with van der Waals surface area (Å²) in [6.07, 6.45) is 11.8. The minimum absolute atomic E-state index is 0.0546. The number of hydrogen-bond donors (Lipinski definition) is 2. The van der Waals surface area contributed by atoms with Crippen LogP contribution in [0.4, 0.5) is 0 Å². The molecule has 0 saturated carbocycles. The van der Waals surface area contributed by atoms with Gasteiger partial charge in [-0.15, -0.1) is 0 Å². The van der Waals surface area contributed by atoms with Crippen LogP contribution in [0, 0.1) is 0 Å². The van der Waals surface area contributed by atoms with E-state index in [4.69, 9.17) is 14.4 Å². The Morgan fingerprint density at radius 1 is 0.783 bits per heavy atom. The molecular weight excluding hydrogens is 318 g/mol. The zero-order chi connectivity index (χ0) is 17.4. The fraction of sp³-hybridized carbons (Fsp3) is 1.00. The van der Waals surface area contributed by atoms with Crippen molar-refractivity contribution in [1.82, 2.24) is 4.31 Å². The van der Waals surface area contributed by atoms with Gasteiger partial charge in [-0.2, -0.15) is 12.7 Å². The normalized spacial score (nSPS) is 12.2. The van der Waals surface area contributed by atoms with Gasteiger partial charge in [0.15, 0.2) is 0 Å². The lowest BCUT2D eigenvalue weighted by atomic mass is 10.1. The number of unbranched alkanes of at least 4 members (excludes halogenated alkanes) is 9. The van der Waals surface area contributed by atoms with Crippen LogP contribution in [-0.4, -0.2) is 55.8 Å². The van der Waals surface area contributed by atoms with Crippen molar-refractivity contribution in [3.8, 4) is 0 Å². The van der Waals surface area contributed by atoms with E-state index in [9.17, 15) is 8.42 Å². The van der Waals surface area contributed by atoms with Gasteiger partial charge in [0.25, 0.3) is 0 Å². The van der Waals surface area contributed by atoms with Crippen molar-refractivity contribution in [2.45, 2.75) is 71.1 Å². The van der Waals surface area contributed by atoms with Crippen LogP contribution in [0.1, 0.15) is 71.1 Å². The summed E-state index contributed by atoms with van der Waals surface area (Å²) in [4.78, 5) is 0. The lowest BCUT2D eigenvalue weighted by Gasteiger charge is -2.19. The predicted molar refractivity (Wildman–Crippen MR) is 92.5 cm³/mol. The molecule has 0 aliphatic heterocycles. The lowest BCUT2D eigenvalue weighted by molar-refractivity contribution is 0.193. The first-order chi connectivity index (χ1) is 11.1. The van der Waals surface area contributed by atoms with Gasteiger partial charge in [0, 0.05) is 13.1 Å². The maximum atomic E-state index is 11.9. The van der Waals surface area contributed by atoms with Crippen molar-refractivity contribution >= 4 is 10.3 Å². The topological polar surface area (TPSA) is 87.1 Å². The van der Waals surface area contributed by atoms with Crippen LogP contribution in [0.25, 0.3) is 0 Å². The van der Waals surface area contributed by atoms with Crippen LogP contribution in [0.15, 0.2) is 0 Å². The van der Waals surface area contributed by atoms with Gasteiger partial charge in [-0.1, -0.05) is 64.7 Å². The van der Waals surface area contributed by atoms with E-state index in [2.05, 4.69) is 6.92 Å². The first-order valence-corrected chi connectivity index (χ1v) is 10.3. The standard InChI is InChI=1S/C16H35NO5S/c1-2-3-4-5-6-7-8-9-10-11-16-22-23(20,21)17(12-14-18)13-15-19/h18-19H,2-16H2,1H3. The van der Waals surface area contributed by atoms with Gasteiger partial charge in [0.1, 0.15) is 0 Å². The van der Waals surface area contributed by atoms with Gasteiger partial charge >= 0.3 is 10.3 Å². The lowest BCUT2D eigenvalue weighted by Crippen LogP contribution is -2.37. The van der Waals surface area contributed by atoms with E-state index in [0.29, 0.717) is 6.42 Å². The van der Waals surface area contributed by atoms with E-state index in [1.807, 2.05) is 0 Å². The van der Waals surface area contributed by atoms with Crippen LogP contribution in [0.3, 0.4) is 0 Å². The molecule has 0 amide bonds. The second-order valence-electron chi connectivity index (χ2n) is 5.81. The zero-order valence-corrected chi connectivity index (χ0v) is 15.4. The molecule has 0 aromatic carbocycles. The highest BCUT2D eigenvalue weighted by Gasteiger charge is 2.21. The summed E-state index contributed by atoms with van der Waals surface area (Å²) >= 11 is 0. The minimum atomic E-state index is -3.84. The second-order valence-corrected chi connectivity index (χ2v) is 7.42. The third-order valence-electron chi connectivity index (χ3n) is 3.75. The van der Waals surface area contributed by atoms with E-state index in [1.54, 1.807) is 0 Å². The van der Waals surface area contributed by atoms with Crippen LogP contribution in [-0.2, 0) is 14.5 Å². The van der Waals surface area contributed by atoms with Gasteiger partial charge in [0.2, 0.25) is 0 Å². The summed E-state index contributed by atoms with van der Waals surface area (Å²) in [6.45, 7) is 1.69. The van der Waals surface area contributed by atoms with E-state index in [1.165, 1.54) is 44.9 Å². The molecule has 0 radical (unpaired) electrons. The molecule has 0 aliphatic rings. The molecule has 140 valence electrons. The monoisotopic (exact) mass is 353 g/mol. The fourth-order valence-electron chi connectivity index (χ4n) is 2.39. The summed E-state index contributed by atoms with van der Waals surface area (Å²) in [7, 11) is -3.84. The van der Waals surface area contributed by atoms with Gasteiger partial charge < -0.3 is 10.2 Å². The quantitative estimate of drug-likeness (QED) is 0.392. The van der Waals surface area contributed by atoms with Crippen LogP contribution >= 0.6 is 0 Å². The molecule has 0 fully saturated rings. The van der Waals surface area contributed by atoms with E-state index in [-0.39, 0.29) is 32.9 Å². The van der Waals surface area contributed by atoms with E-state index in [0.717, 1.165) is 17.1 Å². The fourth-order valence-corrected chi connectivity index (χ4v) is 3.47. The molecule has 0 unspecified atom stereocenters. The second kappa shape index (κ2) is 15.3. The number of nitrogens with zero attached hydrogens (tertiary/aromatic N) is 1. The van der Waals surface area contributed by atoms with Gasteiger partial charge in [-0.05, 0) is 6.42 Å². The van der Waals surface area contributed by atoms with Crippen molar-refractivity contribution in [3.05, 3.63) is 0 Å². The molecule has 0 aromatic heterocycles. The Hall–Kier alpha value is -0.210. The Kier molecular flexibility index (Phi) is 15.2. The molecular formula is C16H35NO5S. The largest absolute Gasteiger partial charge is 0.395 e. The maximum Gasteiger partial charge on any atom is 0.338 e. The average Bonchev–Trinajstić information content (AvgIpc) is 2.52. The number of hydrogen-bond acceptors (Lipinski definition) is 5. The number of rotatable bonds is 17. The molecule has 0 heterocycles. The first kappa shape index (κ1) is 22.8. The molecule has 0 aromatic rings. The minimum Gasteiger partial charge on any atom is -0.395 e. The molecule has 0 bridgehead atoms. The predicted octanol–water partition coefficient (Wildman–Crippen LogP) is 2.46. The molecule has 0 spiro atoms. The third kappa shape index (κ3) is 12.8. The number of aliphatic hydroxyl groups excluding tert-OH is 2. The Labute approximate surface area is 142 Å². The SMILES string of the molecule is CCCCCCCCCCCCOS(=O)(=O)N(CCO)CCO. The summed E-state index contributed by atoms with van der Waals surface area (Å²) in [5.74, 6) is 0. The van der Waals surface area contributed by atoms with Gasteiger partial charge in [-0.25, -0.2) is 0 Å². The Morgan fingerprint density at radius 3 is 1.65 bits per heavy atom. The van der Waals surface area contributed by atoms with Crippen molar-refractivity contribution in [2.24, 2.45) is 0 Å². The Bertz CT molecular complexity index is 342. The summed E-state index contributed by atoms with van der Waals surface area (Å²) in [5.41, 5.74) is 0. The highest BCUT2D eigenvalue weighted by molar-refractivity contribution is 7.84. The molecule has 0 rings (SSSR count). The maximum absolute atomic E-state index is 11.9. The molecule has 7 heteroatoms. The Morgan fingerprint density at radius 2 is 1.22 bits per heavy atom. The Balaban J connectivity index is 3.62. The van der Waals surface area contributed by atoms with Crippen LogP contribution in [0.5, 0.6) is 0 Å². The summed E-state index contributed by atoms with van der Waals surface area (Å²) in [5, 5.41) is 17.7. The third-order valence-corrected chi connectivity index (χ3v) is 5.21. The highest BCUT2D eigenvalue weighted by atomic mass is 32.2. The molecule has 0 aliphatic carbocycles. The van der Waals surface area contributed by atoms with Crippen molar-refractivity contribution in [3.63, 3.8) is 0 Å². The van der Waals surface area contributed by atoms with Crippen molar-refractivity contribution in [2.75, 3.05) is 32.9 Å². The summed E-state index contributed by atoms with van der Waals surface area (Å²) in [6, 6.07) is 0. The average molecular weight is 354 g/mol. The molecule has 2 N–H and O–H groups in total. The molecule has 0 atom stereocenters.